The van der Waals surface area contributed by atoms with E-state index in [0.717, 1.165) is 12.1 Å². The molecule has 0 saturated carbocycles. The van der Waals surface area contributed by atoms with Gasteiger partial charge in [0.2, 0.25) is 0 Å². The Morgan fingerprint density at radius 2 is 2.00 bits per heavy atom. The monoisotopic (exact) mass is 241 g/mol. The van der Waals surface area contributed by atoms with Crippen molar-refractivity contribution in [3.8, 4) is 5.69 Å². The minimum absolute atomic E-state index is 0.370. The predicted octanol–water partition coefficient (Wildman–Crippen LogP) is 2.85. The van der Waals surface area contributed by atoms with Crippen LogP contribution in [0.2, 0.25) is 0 Å². The van der Waals surface area contributed by atoms with E-state index in [2.05, 4.69) is 10.1 Å². The number of hydrogen-bond donors (Lipinski definition) is 0. The molecule has 90 valence electrons. The Hall–Kier alpha value is -1.85. The average molecular weight is 241 g/mol. The van der Waals surface area contributed by atoms with Gasteiger partial charge in [-0.1, -0.05) is 6.92 Å². The van der Waals surface area contributed by atoms with Crippen LogP contribution in [-0.2, 0) is 12.6 Å². The van der Waals surface area contributed by atoms with Crippen LogP contribution < -0.4 is 0 Å². The molecule has 0 amide bonds. The predicted molar refractivity (Wildman–Crippen MR) is 55.7 cm³/mol. The van der Waals surface area contributed by atoms with Gasteiger partial charge in [-0.15, -0.1) is 0 Å². The van der Waals surface area contributed by atoms with Crippen molar-refractivity contribution in [2.75, 3.05) is 0 Å². The van der Waals surface area contributed by atoms with E-state index < -0.39 is 11.7 Å². The van der Waals surface area contributed by atoms with Gasteiger partial charge in [0.15, 0.2) is 0 Å². The van der Waals surface area contributed by atoms with Gasteiger partial charge in [0.05, 0.1) is 11.3 Å². The first-order valence-corrected chi connectivity index (χ1v) is 5.07. The van der Waals surface area contributed by atoms with Gasteiger partial charge in [0.25, 0.3) is 0 Å². The van der Waals surface area contributed by atoms with E-state index in [-0.39, 0.29) is 0 Å². The van der Waals surface area contributed by atoms with Gasteiger partial charge in [-0.3, -0.25) is 0 Å². The zero-order valence-corrected chi connectivity index (χ0v) is 9.07. The van der Waals surface area contributed by atoms with Crippen LogP contribution in [0, 0.1) is 0 Å². The van der Waals surface area contributed by atoms with Crippen LogP contribution >= 0.6 is 0 Å². The molecule has 2 rings (SSSR count). The maximum atomic E-state index is 12.7. The summed E-state index contributed by atoms with van der Waals surface area (Å²) < 4.78 is 39.4. The fourth-order valence-electron chi connectivity index (χ4n) is 1.52. The molecule has 2 aromatic rings. The summed E-state index contributed by atoms with van der Waals surface area (Å²) in [7, 11) is 0. The van der Waals surface area contributed by atoms with Gasteiger partial charge in [0, 0.05) is 0 Å². The molecule has 1 aromatic heterocycles. The van der Waals surface area contributed by atoms with Crippen molar-refractivity contribution in [2.45, 2.75) is 19.5 Å². The standard InChI is InChI=1S/C11H10F3N3/c1-2-8-3-9(11(12,13)14)5-10(4-8)17-7-15-6-16-17/h3-7H,2H2,1H3. The van der Waals surface area contributed by atoms with Crippen molar-refractivity contribution >= 4 is 0 Å². The van der Waals surface area contributed by atoms with Crippen LogP contribution in [0.25, 0.3) is 5.69 Å². The normalized spacial score (nSPS) is 11.8. The zero-order valence-electron chi connectivity index (χ0n) is 9.07. The van der Waals surface area contributed by atoms with Gasteiger partial charge in [-0.2, -0.15) is 18.3 Å². The summed E-state index contributed by atoms with van der Waals surface area (Å²) in [6.07, 6.45) is -1.16. The molecule has 1 heterocycles. The molecule has 0 fully saturated rings. The molecule has 3 nitrogen and oxygen atoms in total. The summed E-state index contributed by atoms with van der Waals surface area (Å²) in [6, 6.07) is 3.89. The number of alkyl halides is 3. The quantitative estimate of drug-likeness (QED) is 0.809. The highest BCUT2D eigenvalue weighted by Crippen LogP contribution is 2.31. The second-order valence-electron chi connectivity index (χ2n) is 3.58. The number of aryl methyl sites for hydroxylation is 1. The number of hydrogen-bond acceptors (Lipinski definition) is 2. The van der Waals surface area contributed by atoms with Crippen molar-refractivity contribution in [1.29, 1.82) is 0 Å². The number of aromatic nitrogens is 3. The van der Waals surface area contributed by atoms with Gasteiger partial charge in [0.1, 0.15) is 12.7 Å². The van der Waals surface area contributed by atoms with E-state index in [0.29, 0.717) is 17.7 Å². The van der Waals surface area contributed by atoms with E-state index in [4.69, 9.17) is 0 Å². The van der Waals surface area contributed by atoms with Crippen LogP contribution in [-0.4, -0.2) is 14.8 Å². The van der Waals surface area contributed by atoms with Crippen molar-refractivity contribution in [1.82, 2.24) is 14.8 Å². The summed E-state index contributed by atoms with van der Waals surface area (Å²) in [6.45, 7) is 1.81. The Bertz CT molecular complexity index is 503. The Morgan fingerprint density at radius 3 is 2.53 bits per heavy atom. The lowest BCUT2D eigenvalue weighted by Crippen LogP contribution is -2.07. The molecule has 17 heavy (non-hydrogen) atoms. The molecule has 0 spiro atoms. The van der Waals surface area contributed by atoms with Crippen molar-refractivity contribution in [3.63, 3.8) is 0 Å². The molecule has 0 N–H and O–H groups in total. The fraction of sp³-hybridized carbons (Fsp3) is 0.273. The second-order valence-corrected chi connectivity index (χ2v) is 3.58. The Labute approximate surface area is 95.9 Å². The molecule has 0 aliphatic heterocycles. The van der Waals surface area contributed by atoms with Gasteiger partial charge < -0.3 is 0 Å². The van der Waals surface area contributed by atoms with Crippen LogP contribution in [0.15, 0.2) is 30.9 Å². The first kappa shape index (κ1) is 11.6. The summed E-state index contributed by atoms with van der Waals surface area (Å²) in [5, 5.41) is 3.82. The van der Waals surface area contributed by atoms with E-state index in [1.54, 1.807) is 13.0 Å². The topological polar surface area (TPSA) is 30.7 Å². The van der Waals surface area contributed by atoms with E-state index in [1.165, 1.54) is 17.3 Å². The third kappa shape index (κ3) is 2.46. The fourth-order valence-corrected chi connectivity index (χ4v) is 1.52. The summed E-state index contributed by atoms with van der Waals surface area (Å²) in [5.74, 6) is 0. The smallest absolute Gasteiger partial charge is 0.223 e. The summed E-state index contributed by atoms with van der Waals surface area (Å²) in [4.78, 5) is 3.72. The third-order valence-electron chi connectivity index (χ3n) is 2.40. The number of rotatable bonds is 2. The molecule has 0 radical (unpaired) electrons. The largest absolute Gasteiger partial charge is 0.416 e. The van der Waals surface area contributed by atoms with Crippen LogP contribution in [0.4, 0.5) is 13.2 Å². The van der Waals surface area contributed by atoms with Crippen LogP contribution in [0.1, 0.15) is 18.1 Å². The highest BCUT2D eigenvalue weighted by molar-refractivity contribution is 5.40. The second kappa shape index (κ2) is 4.20. The highest BCUT2D eigenvalue weighted by atomic mass is 19.4. The molecule has 0 atom stereocenters. The average Bonchev–Trinajstić information content (AvgIpc) is 2.80. The molecule has 0 bridgehead atoms. The number of benzene rings is 1. The first-order valence-electron chi connectivity index (χ1n) is 5.07. The zero-order chi connectivity index (χ0) is 12.5. The van der Waals surface area contributed by atoms with Crippen molar-refractivity contribution in [3.05, 3.63) is 42.0 Å². The SMILES string of the molecule is CCc1cc(-n2cncn2)cc(C(F)(F)F)c1. The Morgan fingerprint density at radius 1 is 1.24 bits per heavy atom. The minimum Gasteiger partial charge on any atom is -0.223 e. The number of nitrogens with zero attached hydrogens (tertiary/aromatic N) is 3. The van der Waals surface area contributed by atoms with E-state index in [9.17, 15) is 13.2 Å². The van der Waals surface area contributed by atoms with Gasteiger partial charge >= 0.3 is 6.18 Å². The molecular weight excluding hydrogens is 231 g/mol. The molecule has 0 unspecified atom stereocenters. The van der Waals surface area contributed by atoms with E-state index in [1.807, 2.05) is 0 Å². The van der Waals surface area contributed by atoms with Crippen LogP contribution in [0.5, 0.6) is 0 Å². The molecule has 1 aromatic carbocycles. The maximum absolute atomic E-state index is 12.7. The molecule has 0 aliphatic carbocycles. The first-order chi connectivity index (χ1) is 8.00. The van der Waals surface area contributed by atoms with Gasteiger partial charge in [-0.25, -0.2) is 9.67 Å². The summed E-state index contributed by atoms with van der Waals surface area (Å²) >= 11 is 0. The number of halogens is 3. The Balaban J connectivity index is 2.54. The molecular formula is C11H10F3N3. The minimum atomic E-state index is -4.35. The highest BCUT2D eigenvalue weighted by Gasteiger charge is 2.31. The van der Waals surface area contributed by atoms with Crippen molar-refractivity contribution in [2.24, 2.45) is 0 Å². The maximum Gasteiger partial charge on any atom is 0.416 e. The molecule has 0 aliphatic rings. The lowest BCUT2D eigenvalue weighted by Gasteiger charge is -2.11. The third-order valence-corrected chi connectivity index (χ3v) is 2.40. The lowest BCUT2D eigenvalue weighted by atomic mass is 10.1. The lowest BCUT2D eigenvalue weighted by molar-refractivity contribution is -0.137. The van der Waals surface area contributed by atoms with Gasteiger partial charge in [-0.05, 0) is 30.2 Å². The van der Waals surface area contributed by atoms with E-state index >= 15 is 0 Å². The molecule has 0 saturated heterocycles. The van der Waals surface area contributed by atoms with Crippen molar-refractivity contribution < 1.29 is 13.2 Å². The van der Waals surface area contributed by atoms with Crippen LogP contribution in [0.3, 0.4) is 0 Å². The molecule has 6 heteroatoms. The summed E-state index contributed by atoms with van der Waals surface area (Å²) in [5.41, 5.74) is 0.321. The Kier molecular flexibility index (Phi) is 2.87.